The SMILES string of the molecule is O=C(c1cc2cc(F)ccc2s1)N1CC(N2C(=O)[C@@H]3CC=CC[C@H]3C2=O)C1. The quantitative estimate of drug-likeness (QED) is 0.591. The molecule has 0 spiro atoms. The first-order valence-electron chi connectivity index (χ1n) is 9.03. The van der Waals surface area contributed by atoms with Gasteiger partial charge in [0.25, 0.3) is 5.91 Å². The summed E-state index contributed by atoms with van der Waals surface area (Å²) >= 11 is 1.33. The van der Waals surface area contributed by atoms with Gasteiger partial charge in [-0.2, -0.15) is 0 Å². The molecule has 5 rings (SSSR count). The maximum Gasteiger partial charge on any atom is 0.264 e. The number of hydrogen-bond acceptors (Lipinski definition) is 4. The molecule has 3 heterocycles. The van der Waals surface area contributed by atoms with Crippen LogP contribution >= 0.6 is 11.3 Å². The van der Waals surface area contributed by atoms with Crippen molar-refractivity contribution in [3.05, 3.63) is 47.1 Å². The highest BCUT2D eigenvalue weighted by molar-refractivity contribution is 7.20. The van der Waals surface area contributed by atoms with E-state index in [4.69, 9.17) is 0 Å². The molecule has 1 aromatic carbocycles. The van der Waals surface area contributed by atoms with Crippen LogP contribution in [0.15, 0.2) is 36.4 Å². The largest absolute Gasteiger partial charge is 0.334 e. The molecule has 0 unspecified atom stereocenters. The summed E-state index contributed by atoms with van der Waals surface area (Å²) in [5.41, 5.74) is 0. The lowest BCUT2D eigenvalue weighted by molar-refractivity contribution is -0.145. The molecule has 0 bridgehead atoms. The van der Waals surface area contributed by atoms with E-state index in [2.05, 4.69) is 0 Å². The fraction of sp³-hybridized carbons (Fsp3) is 0.350. The van der Waals surface area contributed by atoms with Crippen molar-refractivity contribution < 1.29 is 18.8 Å². The highest BCUT2D eigenvalue weighted by atomic mass is 32.1. The number of benzene rings is 1. The second-order valence-corrected chi connectivity index (χ2v) is 8.44. The van der Waals surface area contributed by atoms with Gasteiger partial charge in [0, 0.05) is 17.8 Å². The van der Waals surface area contributed by atoms with Gasteiger partial charge in [-0.25, -0.2) is 4.39 Å². The van der Waals surface area contributed by atoms with Gasteiger partial charge in [0.1, 0.15) is 5.82 Å². The minimum absolute atomic E-state index is 0.0937. The van der Waals surface area contributed by atoms with Gasteiger partial charge in [-0.15, -0.1) is 11.3 Å². The summed E-state index contributed by atoms with van der Waals surface area (Å²) < 4.78 is 14.2. The highest BCUT2D eigenvalue weighted by Gasteiger charge is 2.52. The number of carbonyl (C=O) groups is 3. The lowest BCUT2D eigenvalue weighted by Crippen LogP contribution is -2.62. The summed E-state index contributed by atoms with van der Waals surface area (Å²) in [5, 5.41) is 0.710. The second kappa shape index (κ2) is 5.99. The van der Waals surface area contributed by atoms with Crippen LogP contribution in [0.3, 0.4) is 0 Å². The Morgan fingerprint density at radius 1 is 1.04 bits per heavy atom. The van der Waals surface area contributed by atoms with Gasteiger partial charge in [0.05, 0.1) is 22.8 Å². The number of amides is 3. The maximum atomic E-state index is 13.3. The highest BCUT2D eigenvalue weighted by Crippen LogP contribution is 2.38. The van der Waals surface area contributed by atoms with Gasteiger partial charge >= 0.3 is 0 Å². The summed E-state index contributed by atoms with van der Waals surface area (Å²) in [6, 6.07) is 5.93. The van der Waals surface area contributed by atoms with Gasteiger partial charge in [0.2, 0.25) is 11.8 Å². The van der Waals surface area contributed by atoms with E-state index in [9.17, 15) is 18.8 Å². The van der Waals surface area contributed by atoms with E-state index in [0.717, 1.165) is 4.70 Å². The number of thiophene rings is 1. The van der Waals surface area contributed by atoms with E-state index in [0.29, 0.717) is 36.2 Å². The molecule has 2 aromatic rings. The summed E-state index contributed by atoms with van der Waals surface area (Å²) in [6.07, 6.45) is 5.19. The Morgan fingerprint density at radius 3 is 2.37 bits per heavy atom. The van der Waals surface area contributed by atoms with Crippen molar-refractivity contribution in [1.82, 2.24) is 9.80 Å². The molecule has 2 aliphatic heterocycles. The summed E-state index contributed by atoms with van der Waals surface area (Å²) in [4.78, 5) is 41.5. The number of allylic oxidation sites excluding steroid dienone is 2. The molecule has 5 nitrogen and oxygen atoms in total. The fourth-order valence-electron chi connectivity index (χ4n) is 4.25. The Hall–Kier alpha value is -2.54. The molecule has 0 radical (unpaired) electrons. The Balaban J connectivity index is 1.29. The van der Waals surface area contributed by atoms with Crippen LogP contribution in [0.5, 0.6) is 0 Å². The number of nitrogens with zero attached hydrogens (tertiary/aromatic N) is 2. The number of likely N-dealkylation sites (tertiary alicyclic amines) is 2. The number of rotatable bonds is 2. The Kier molecular flexibility index (Phi) is 3.69. The third-order valence-electron chi connectivity index (χ3n) is 5.75. The number of imide groups is 1. The molecule has 138 valence electrons. The standard InChI is InChI=1S/C20H17FN2O3S/c21-12-5-6-16-11(7-12)8-17(27-16)20(26)22-9-13(10-22)23-18(24)14-3-1-2-4-15(14)19(23)25/h1-2,5-8,13-15H,3-4,9-10H2/t14-,15-/m1/s1. The van der Waals surface area contributed by atoms with Gasteiger partial charge < -0.3 is 4.90 Å². The summed E-state index contributed by atoms with van der Waals surface area (Å²) in [6.45, 7) is 0.734. The first-order valence-corrected chi connectivity index (χ1v) is 9.85. The Morgan fingerprint density at radius 2 is 1.70 bits per heavy atom. The third kappa shape index (κ3) is 2.52. The van der Waals surface area contributed by atoms with E-state index in [1.807, 2.05) is 12.2 Å². The van der Waals surface area contributed by atoms with Crippen LogP contribution in [0, 0.1) is 17.7 Å². The molecule has 0 N–H and O–H groups in total. The van der Waals surface area contributed by atoms with E-state index in [-0.39, 0.29) is 41.4 Å². The van der Waals surface area contributed by atoms with Crippen LogP contribution in [0.4, 0.5) is 4.39 Å². The van der Waals surface area contributed by atoms with Gasteiger partial charge in [-0.1, -0.05) is 12.2 Å². The minimum atomic E-state index is -0.328. The van der Waals surface area contributed by atoms with Crippen molar-refractivity contribution in [2.24, 2.45) is 11.8 Å². The smallest absolute Gasteiger partial charge is 0.264 e. The van der Waals surface area contributed by atoms with Crippen LogP contribution < -0.4 is 0 Å². The van der Waals surface area contributed by atoms with Crippen LogP contribution in [0.1, 0.15) is 22.5 Å². The van der Waals surface area contributed by atoms with E-state index in [1.54, 1.807) is 17.0 Å². The van der Waals surface area contributed by atoms with Crippen molar-refractivity contribution >= 4 is 39.1 Å². The molecule has 0 saturated carbocycles. The predicted octanol–water partition coefficient (Wildman–Crippen LogP) is 2.82. The maximum absolute atomic E-state index is 13.3. The molecule has 7 heteroatoms. The van der Waals surface area contributed by atoms with Crippen LogP contribution in [-0.2, 0) is 9.59 Å². The predicted molar refractivity (Wildman–Crippen MR) is 98.7 cm³/mol. The van der Waals surface area contributed by atoms with Crippen molar-refractivity contribution in [3.63, 3.8) is 0 Å². The molecule has 3 aliphatic rings. The molecule has 2 atom stereocenters. The van der Waals surface area contributed by atoms with E-state index in [1.165, 1.54) is 28.4 Å². The molecular weight excluding hydrogens is 367 g/mol. The lowest BCUT2D eigenvalue weighted by Gasteiger charge is -2.43. The molecule has 2 fully saturated rings. The monoisotopic (exact) mass is 384 g/mol. The number of carbonyl (C=O) groups excluding carboxylic acids is 3. The first-order chi connectivity index (χ1) is 13.0. The molecule has 27 heavy (non-hydrogen) atoms. The van der Waals surface area contributed by atoms with Crippen LogP contribution in [0.25, 0.3) is 10.1 Å². The van der Waals surface area contributed by atoms with E-state index < -0.39 is 0 Å². The van der Waals surface area contributed by atoms with Crippen molar-refractivity contribution in [2.45, 2.75) is 18.9 Å². The zero-order chi connectivity index (χ0) is 18.7. The Labute approximate surface area is 159 Å². The van der Waals surface area contributed by atoms with Crippen molar-refractivity contribution in [3.8, 4) is 0 Å². The number of hydrogen-bond donors (Lipinski definition) is 0. The minimum Gasteiger partial charge on any atom is -0.334 e. The third-order valence-corrected chi connectivity index (χ3v) is 6.85. The summed E-state index contributed by atoms with van der Waals surface area (Å²) in [7, 11) is 0. The topological polar surface area (TPSA) is 57.7 Å². The zero-order valence-electron chi connectivity index (χ0n) is 14.4. The lowest BCUT2D eigenvalue weighted by atomic mass is 9.85. The number of halogens is 1. The van der Waals surface area contributed by atoms with Crippen LogP contribution in [-0.4, -0.2) is 46.7 Å². The molecule has 3 amide bonds. The van der Waals surface area contributed by atoms with Crippen LogP contribution in [0.2, 0.25) is 0 Å². The van der Waals surface area contributed by atoms with E-state index >= 15 is 0 Å². The first kappa shape index (κ1) is 16.6. The van der Waals surface area contributed by atoms with Crippen molar-refractivity contribution in [2.75, 3.05) is 13.1 Å². The average Bonchev–Trinajstić information content (AvgIpc) is 3.15. The van der Waals surface area contributed by atoms with Gasteiger partial charge in [0.15, 0.2) is 0 Å². The average molecular weight is 384 g/mol. The fourth-order valence-corrected chi connectivity index (χ4v) is 5.26. The zero-order valence-corrected chi connectivity index (χ0v) is 15.2. The molecule has 1 aromatic heterocycles. The molecule has 1 aliphatic carbocycles. The Bertz CT molecular complexity index is 982. The number of fused-ring (bicyclic) bond motifs is 2. The molecule has 2 saturated heterocycles. The van der Waals surface area contributed by atoms with Gasteiger partial charge in [-0.05, 0) is 42.5 Å². The molecular formula is C20H17FN2O3S. The normalized spacial score (nSPS) is 25.2. The second-order valence-electron chi connectivity index (χ2n) is 7.36. The van der Waals surface area contributed by atoms with Crippen molar-refractivity contribution in [1.29, 1.82) is 0 Å². The van der Waals surface area contributed by atoms with Gasteiger partial charge in [-0.3, -0.25) is 19.3 Å². The summed E-state index contributed by atoms with van der Waals surface area (Å²) in [5.74, 6) is -1.11.